The molecular formula is C20H25N3O3S. The Kier molecular flexibility index (Phi) is 5.92. The van der Waals surface area contributed by atoms with Crippen molar-refractivity contribution in [3.63, 3.8) is 0 Å². The molecule has 0 saturated carbocycles. The third-order valence-electron chi connectivity index (χ3n) is 5.06. The monoisotopic (exact) mass is 387 g/mol. The number of benzene rings is 1. The van der Waals surface area contributed by atoms with Gasteiger partial charge < -0.3 is 4.90 Å². The number of pyridine rings is 1. The molecule has 0 atom stereocenters. The van der Waals surface area contributed by atoms with Crippen LogP contribution in [-0.2, 0) is 21.2 Å². The van der Waals surface area contributed by atoms with Crippen LogP contribution in [0.25, 0.3) is 0 Å². The second kappa shape index (κ2) is 8.19. The maximum Gasteiger partial charge on any atom is 0.243 e. The normalized spacial score (nSPS) is 15.7. The lowest BCUT2D eigenvalue weighted by molar-refractivity contribution is -0.132. The third kappa shape index (κ3) is 4.54. The summed E-state index contributed by atoms with van der Waals surface area (Å²) in [6.45, 7) is 5.38. The van der Waals surface area contributed by atoms with Crippen molar-refractivity contribution in [3.05, 3.63) is 59.4 Å². The van der Waals surface area contributed by atoms with Crippen LogP contribution in [0.2, 0.25) is 0 Å². The quantitative estimate of drug-likeness (QED) is 0.788. The number of carbonyl (C=O) groups excluding carboxylic acids is 1. The molecular weight excluding hydrogens is 362 g/mol. The summed E-state index contributed by atoms with van der Waals surface area (Å²) >= 11 is 0. The number of sulfonamides is 1. The molecule has 3 rings (SSSR count). The summed E-state index contributed by atoms with van der Waals surface area (Å²) in [5.74, 6) is 0.0575. The molecule has 7 heteroatoms. The molecule has 1 aliphatic heterocycles. The molecule has 1 saturated heterocycles. The largest absolute Gasteiger partial charge is 0.340 e. The molecule has 1 amide bonds. The van der Waals surface area contributed by atoms with Crippen LogP contribution in [-0.4, -0.2) is 54.7 Å². The summed E-state index contributed by atoms with van der Waals surface area (Å²) in [5, 5.41) is 0. The van der Waals surface area contributed by atoms with Gasteiger partial charge in [-0.25, -0.2) is 8.42 Å². The molecule has 2 heterocycles. The fraction of sp³-hybridized carbons (Fsp3) is 0.400. The zero-order valence-electron chi connectivity index (χ0n) is 15.8. The maximum atomic E-state index is 12.9. The Balaban J connectivity index is 1.57. The first-order chi connectivity index (χ1) is 12.9. The number of amides is 1. The minimum absolute atomic E-state index is 0.0575. The number of hydrogen-bond acceptors (Lipinski definition) is 4. The van der Waals surface area contributed by atoms with Crippen molar-refractivity contribution in [1.82, 2.24) is 14.2 Å². The lowest BCUT2D eigenvalue weighted by Gasteiger charge is -2.34. The summed E-state index contributed by atoms with van der Waals surface area (Å²) in [6.07, 6.45) is 4.53. The van der Waals surface area contributed by atoms with Gasteiger partial charge in [-0.1, -0.05) is 12.1 Å². The summed E-state index contributed by atoms with van der Waals surface area (Å²) in [6, 6.07) is 9.02. The van der Waals surface area contributed by atoms with Gasteiger partial charge in [0.2, 0.25) is 15.9 Å². The lowest BCUT2D eigenvalue weighted by atomic mass is 10.1. The predicted octanol–water partition coefficient (Wildman–Crippen LogP) is 2.16. The van der Waals surface area contributed by atoms with Crippen molar-refractivity contribution < 1.29 is 13.2 Å². The molecule has 27 heavy (non-hydrogen) atoms. The zero-order valence-corrected chi connectivity index (χ0v) is 16.6. The van der Waals surface area contributed by atoms with Gasteiger partial charge in [-0.3, -0.25) is 9.78 Å². The molecule has 2 aromatic rings. The lowest BCUT2D eigenvalue weighted by Crippen LogP contribution is -2.50. The van der Waals surface area contributed by atoms with Crippen LogP contribution in [0.15, 0.2) is 47.6 Å². The van der Waals surface area contributed by atoms with E-state index < -0.39 is 10.0 Å². The zero-order chi connectivity index (χ0) is 19.4. The smallest absolute Gasteiger partial charge is 0.243 e. The maximum absolute atomic E-state index is 12.9. The summed E-state index contributed by atoms with van der Waals surface area (Å²) in [5.41, 5.74) is 3.06. The Morgan fingerprint density at radius 1 is 1.07 bits per heavy atom. The van der Waals surface area contributed by atoms with Crippen LogP contribution in [0.3, 0.4) is 0 Å². The van der Waals surface area contributed by atoms with E-state index in [1.54, 1.807) is 29.4 Å². The molecule has 1 aromatic carbocycles. The SMILES string of the molecule is Cc1ccc(S(=O)(=O)N2CCN(C(=O)CCc3cccnc3)CC2)cc1C. The summed E-state index contributed by atoms with van der Waals surface area (Å²) < 4.78 is 27.2. The molecule has 0 aliphatic carbocycles. The molecule has 1 aliphatic rings. The van der Waals surface area contributed by atoms with Crippen molar-refractivity contribution in [1.29, 1.82) is 0 Å². The van der Waals surface area contributed by atoms with E-state index in [0.717, 1.165) is 16.7 Å². The van der Waals surface area contributed by atoms with Gasteiger partial charge >= 0.3 is 0 Å². The summed E-state index contributed by atoms with van der Waals surface area (Å²) in [4.78, 5) is 18.5. The average Bonchev–Trinajstić information content (AvgIpc) is 2.69. The molecule has 0 N–H and O–H groups in total. The van der Waals surface area contributed by atoms with Crippen LogP contribution in [0.1, 0.15) is 23.1 Å². The second-order valence-corrected chi connectivity index (χ2v) is 8.83. The highest BCUT2D eigenvalue weighted by atomic mass is 32.2. The van der Waals surface area contributed by atoms with Gasteiger partial charge in [-0.05, 0) is 55.2 Å². The van der Waals surface area contributed by atoms with Crippen molar-refractivity contribution in [3.8, 4) is 0 Å². The van der Waals surface area contributed by atoms with Gasteiger partial charge in [0.25, 0.3) is 0 Å². The first kappa shape index (κ1) is 19.5. The van der Waals surface area contributed by atoms with E-state index in [0.29, 0.717) is 43.9 Å². The molecule has 0 radical (unpaired) electrons. The third-order valence-corrected chi connectivity index (χ3v) is 6.95. The molecule has 0 spiro atoms. The van der Waals surface area contributed by atoms with Crippen LogP contribution in [0.5, 0.6) is 0 Å². The Morgan fingerprint density at radius 3 is 2.44 bits per heavy atom. The number of aryl methyl sites for hydroxylation is 3. The molecule has 1 aromatic heterocycles. The molecule has 144 valence electrons. The molecule has 6 nitrogen and oxygen atoms in total. The first-order valence-corrected chi connectivity index (χ1v) is 10.6. The van der Waals surface area contributed by atoms with Gasteiger partial charge in [-0.15, -0.1) is 0 Å². The van der Waals surface area contributed by atoms with Crippen LogP contribution in [0, 0.1) is 13.8 Å². The van der Waals surface area contributed by atoms with Crippen molar-refractivity contribution in [2.75, 3.05) is 26.2 Å². The van der Waals surface area contributed by atoms with E-state index >= 15 is 0 Å². The van der Waals surface area contributed by atoms with Gasteiger partial charge in [0.1, 0.15) is 0 Å². The van der Waals surface area contributed by atoms with Gasteiger partial charge in [0.05, 0.1) is 4.90 Å². The Bertz CT molecular complexity index is 905. The Hall–Kier alpha value is -2.25. The van der Waals surface area contributed by atoms with E-state index in [1.807, 2.05) is 32.0 Å². The number of piperazine rings is 1. The number of hydrogen-bond donors (Lipinski definition) is 0. The fourth-order valence-corrected chi connectivity index (χ4v) is 4.66. The van der Waals surface area contributed by atoms with E-state index in [2.05, 4.69) is 4.98 Å². The Morgan fingerprint density at radius 2 is 1.81 bits per heavy atom. The van der Waals surface area contributed by atoms with Crippen LogP contribution in [0.4, 0.5) is 0 Å². The number of rotatable bonds is 5. The minimum Gasteiger partial charge on any atom is -0.340 e. The van der Waals surface area contributed by atoms with E-state index in [-0.39, 0.29) is 5.91 Å². The van der Waals surface area contributed by atoms with Crippen molar-refractivity contribution in [2.24, 2.45) is 0 Å². The Labute approximate surface area is 160 Å². The average molecular weight is 388 g/mol. The highest BCUT2D eigenvalue weighted by Gasteiger charge is 2.30. The highest BCUT2D eigenvalue weighted by molar-refractivity contribution is 7.89. The number of nitrogens with zero attached hydrogens (tertiary/aromatic N) is 3. The van der Waals surface area contributed by atoms with Crippen molar-refractivity contribution in [2.45, 2.75) is 31.6 Å². The van der Waals surface area contributed by atoms with Crippen LogP contribution < -0.4 is 0 Å². The minimum atomic E-state index is -3.52. The first-order valence-electron chi connectivity index (χ1n) is 9.12. The molecule has 1 fully saturated rings. The number of carbonyl (C=O) groups is 1. The summed E-state index contributed by atoms with van der Waals surface area (Å²) in [7, 11) is -3.52. The van der Waals surface area contributed by atoms with E-state index in [1.165, 1.54) is 4.31 Å². The van der Waals surface area contributed by atoms with E-state index in [4.69, 9.17) is 0 Å². The van der Waals surface area contributed by atoms with Gasteiger partial charge in [0, 0.05) is 45.0 Å². The van der Waals surface area contributed by atoms with E-state index in [9.17, 15) is 13.2 Å². The van der Waals surface area contributed by atoms with Gasteiger partial charge in [0.15, 0.2) is 0 Å². The fourth-order valence-electron chi connectivity index (χ4n) is 3.16. The predicted molar refractivity (Wildman–Crippen MR) is 104 cm³/mol. The highest BCUT2D eigenvalue weighted by Crippen LogP contribution is 2.20. The van der Waals surface area contributed by atoms with Crippen molar-refractivity contribution >= 4 is 15.9 Å². The van der Waals surface area contributed by atoms with Gasteiger partial charge in [-0.2, -0.15) is 4.31 Å². The topological polar surface area (TPSA) is 70.6 Å². The van der Waals surface area contributed by atoms with Crippen LogP contribution >= 0.6 is 0 Å². The second-order valence-electron chi connectivity index (χ2n) is 6.89. The molecule has 0 unspecified atom stereocenters. The molecule has 0 bridgehead atoms. The standard InChI is InChI=1S/C20H25N3O3S/c1-16-5-7-19(14-17(16)2)27(25,26)23-12-10-22(11-13-23)20(24)8-6-18-4-3-9-21-15-18/h3-5,7,9,14-15H,6,8,10-13H2,1-2H3. The number of aromatic nitrogens is 1.